The van der Waals surface area contributed by atoms with Crippen molar-refractivity contribution in [3.8, 4) is 0 Å². The molecular weight excluding hydrogens is 255 g/mol. The molecule has 0 aliphatic carbocycles. The highest BCUT2D eigenvalue weighted by Gasteiger charge is 2.49. The van der Waals surface area contributed by atoms with E-state index < -0.39 is 19.2 Å². The third-order valence-electron chi connectivity index (χ3n) is 3.37. The predicted molar refractivity (Wildman–Crippen MR) is 68.6 cm³/mol. The second kappa shape index (κ2) is 6.18. The SMILES string of the molecule is CCOP(=O)(OCC)C1CC(C)(CC)COC1=O. The number of ether oxygens (including phenoxy) is 1. The van der Waals surface area contributed by atoms with Crippen LogP contribution in [0.3, 0.4) is 0 Å². The summed E-state index contributed by atoms with van der Waals surface area (Å²) in [5, 5.41) is 0. The Morgan fingerprint density at radius 3 is 2.33 bits per heavy atom. The van der Waals surface area contributed by atoms with Crippen molar-refractivity contribution in [2.45, 2.75) is 46.2 Å². The van der Waals surface area contributed by atoms with Gasteiger partial charge < -0.3 is 13.8 Å². The molecule has 1 aliphatic rings. The van der Waals surface area contributed by atoms with Crippen LogP contribution in [0, 0.1) is 5.41 Å². The van der Waals surface area contributed by atoms with Crippen molar-refractivity contribution in [1.82, 2.24) is 0 Å². The Morgan fingerprint density at radius 2 is 1.89 bits per heavy atom. The number of cyclic esters (lactones) is 1. The fraction of sp³-hybridized carbons (Fsp3) is 0.917. The van der Waals surface area contributed by atoms with Gasteiger partial charge in [0.25, 0.3) is 0 Å². The summed E-state index contributed by atoms with van der Waals surface area (Å²) < 4.78 is 28.3. The number of hydrogen-bond donors (Lipinski definition) is 0. The van der Waals surface area contributed by atoms with Gasteiger partial charge in [0.05, 0.1) is 19.8 Å². The molecule has 1 fully saturated rings. The van der Waals surface area contributed by atoms with Gasteiger partial charge in [0.1, 0.15) is 0 Å². The minimum absolute atomic E-state index is 0.150. The molecule has 0 aromatic heterocycles. The zero-order valence-electron chi connectivity index (χ0n) is 11.6. The van der Waals surface area contributed by atoms with E-state index in [1.807, 2.05) is 13.8 Å². The molecule has 0 saturated carbocycles. The monoisotopic (exact) mass is 278 g/mol. The number of rotatable bonds is 6. The highest BCUT2D eigenvalue weighted by atomic mass is 31.2. The maximum atomic E-state index is 12.6. The second-order valence-corrected chi connectivity index (χ2v) is 7.09. The molecule has 0 N–H and O–H groups in total. The van der Waals surface area contributed by atoms with Crippen LogP contribution in [0.25, 0.3) is 0 Å². The largest absolute Gasteiger partial charge is 0.464 e. The molecule has 1 saturated heterocycles. The summed E-state index contributed by atoms with van der Waals surface area (Å²) in [7, 11) is -3.42. The van der Waals surface area contributed by atoms with Crippen molar-refractivity contribution in [3.63, 3.8) is 0 Å². The van der Waals surface area contributed by atoms with Gasteiger partial charge in [0.15, 0.2) is 5.66 Å². The van der Waals surface area contributed by atoms with Crippen molar-refractivity contribution >= 4 is 13.6 Å². The van der Waals surface area contributed by atoms with Crippen molar-refractivity contribution in [1.29, 1.82) is 0 Å². The van der Waals surface area contributed by atoms with Crippen LogP contribution in [0.1, 0.15) is 40.5 Å². The maximum absolute atomic E-state index is 12.6. The summed E-state index contributed by atoms with van der Waals surface area (Å²) in [5.41, 5.74) is -0.946. The van der Waals surface area contributed by atoms with Crippen molar-refractivity contribution < 1.29 is 23.1 Å². The molecule has 106 valence electrons. The van der Waals surface area contributed by atoms with Gasteiger partial charge in [-0.1, -0.05) is 13.8 Å². The first-order chi connectivity index (χ1) is 8.40. The van der Waals surface area contributed by atoms with Gasteiger partial charge in [0.2, 0.25) is 0 Å². The van der Waals surface area contributed by atoms with Gasteiger partial charge in [-0.3, -0.25) is 9.36 Å². The average Bonchev–Trinajstić information content (AvgIpc) is 2.33. The van der Waals surface area contributed by atoms with Crippen molar-refractivity contribution in [2.75, 3.05) is 19.8 Å². The van der Waals surface area contributed by atoms with E-state index in [9.17, 15) is 9.36 Å². The molecule has 5 nitrogen and oxygen atoms in total. The first kappa shape index (κ1) is 15.7. The Bertz CT molecular complexity index is 333. The predicted octanol–water partition coefficient (Wildman–Crippen LogP) is 2.98. The molecule has 1 heterocycles. The summed E-state index contributed by atoms with van der Waals surface area (Å²) in [6, 6.07) is 0. The zero-order valence-corrected chi connectivity index (χ0v) is 12.5. The molecule has 0 radical (unpaired) electrons. The maximum Gasteiger partial charge on any atom is 0.344 e. The molecule has 0 aromatic rings. The van der Waals surface area contributed by atoms with Gasteiger partial charge in [-0.25, -0.2) is 0 Å². The molecule has 1 aliphatic heterocycles. The zero-order chi connectivity index (χ0) is 13.8. The minimum atomic E-state index is -3.42. The fourth-order valence-electron chi connectivity index (χ4n) is 2.02. The molecule has 0 aromatic carbocycles. The number of hydrogen-bond acceptors (Lipinski definition) is 5. The average molecular weight is 278 g/mol. The summed E-state index contributed by atoms with van der Waals surface area (Å²) in [6.45, 7) is 8.40. The Balaban J connectivity index is 2.94. The molecule has 18 heavy (non-hydrogen) atoms. The summed E-state index contributed by atoms with van der Waals surface area (Å²) >= 11 is 0. The summed E-state index contributed by atoms with van der Waals surface area (Å²) in [5.74, 6) is -0.467. The summed E-state index contributed by atoms with van der Waals surface area (Å²) in [4.78, 5) is 11.8. The van der Waals surface area contributed by atoms with Crippen LogP contribution >= 0.6 is 7.60 Å². The van der Waals surface area contributed by atoms with Crippen LogP contribution in [-0.4, -0.2) is 31.4 Å². The van der Waals surface area contributed by atoms with E-state index in [2.05, 4.69) is 0 Å². The summed E-state index contributed by atoms with van der Waals surface area (Å²) in [6.07, 6.45) is 1.34. The number of carbonyl (C=O) groups excluding carboxylic acids is 1. The second-order valence-electron chi connectivity index (χ2n) is 4.87. The molecule has 0 spiro atoms. The molecule has 1 rings (SSSR count). The van der Waals surface area contributed by atoms with E-state index in [0.29, 0.717) is 13.0 Å². The van der Waals surface area contributed by atoms with Crippen LogP contribution in [0.2, 0.25) is 0 Å². The van der Waals surface area contributed by atoms with Gasteiger partial charge in [0, 0.05) is 5.41 Å². The molecule has 0 amide bonds. The van der Waals surface area contributed by atoms with E-state index in [-0.39, 0.29) is 18.6 Å². The third-order valence-corrected chi connectivity index (χ3v) is 5.77. The molecule has 6 heteroatoms. The van der Waals surface area contributed by atoms with E-state index in [4.69, 9.17) is 13.8 Å². The van der Waals surface area contributed by atoms with Gasteiger partial charge >= 0.3 is 13.6 Å². The lowest BCUT2D eigenvalue weighted by Crippen LogP contribution is -2.41. The molecule has 0 bridgehead atoms. The molecule has 2 unspecified atom stereocenters. The smallest absolute Gasteiger partial charge is 0.344 e. The Hall–Kier alpha value is -0.380. The van der Waals surface area contributed by atoms with Crippen LogP contribution in [0.5, 0.6) is 0 Å². The quantitative estimate of drug-likeness (QED) is 0.552. The van der Waals surface area contributed by atoms with Crippen LogP contribution in [-0.2, 0) is 23.1 Å². The van der Waals surface area contributed by atoms with E-state index in [1.54, 1.807) is 13.8 Å². The highest BCUT2D eigenvalue weighted by molar-refractivity contribution is 7.55. The first-order valence-corrected chi connectivity index (χ1v) is 8.07. The van der Waals surface area contributed by atoms with Crippen LogP contribution in [0.4, 0.5) is 0 Å². The highest BCUT2D eigenvalue weighted by Crippen LogP contribution is 2.58. The topological polar surface area (TPSA) is 61.8 Å². The van der Waals surface area contributed by atoms with Crippen LogP contribution < -0.4 is 0 Å². The van der Waals surface area contributed by atoms with Crippen LogP contribution in [0.15, 0.2) is 0 Å². The standard InChI is InChI=1S/C12H23O5P/c1-5-12(4)8-10(11(13)15-9-12)18(14,16-6-2)17-7-3/h10H,5-9H2,1-4H3. The van der Waals surface area contributed by atoms with Gasteiger partial charge in [-0.2, -0.15) is 0 Å². The number of carbonyl (C=O) groups is 1. The van der Waals surface area contributed by atoms with Gasteiger partial charge in [-0.05, 0) is 26.7 Å². The molecular formula is C12H23O5P. The normalized spacial score (nSPS) is 29.1. The third kappa shape index (κ3) is 3.34. The first-order valence-electron chi connectivity index (χ1n) is 6.46. The minimum Gasteiger partial charge on any atom is -0.464 e. The molecule has 2 atom stereocenters. The van der Waals surface area contributed by atoms with Crippen molar-refractivity contribution in [2.24, 2.45) is 5.41 Å². The Labute approximate surface area is 109 Å². The number of esters is 1. The van der Waals surface area contributed by atoms with E-state index >= 15 is 0 Å². The van der Waals surface area contributed by atoms with E-state index in [1.165, 1.54) is 0 Å². The van der Waals surface area contributed by atoms with Crippen molar-refractivity contribution in [3.05, 3.63) is 0 Å². The lowest BCUT2D eigenvalue weighted by Gasteiger charge is -2.38. The lowest BCUT2D eigenvalue weighted by molar-refractivity contribution is -0.153. The Morgan fingerprint density at radius 1 is 1.33 bits per heavy atom. The lowest BCUT2D eigenvalue weighted by atomic mass is 9.82. The fourth-order valence-corrected chi connectivity index (χ4v) is 4.17. The Kier molecular flexibility index (Phi) is 5.38. The van der Waals surface area contributed by atoms with E-state index in [0.717, 1.165) is 6.42 Å². The van der Waals surface area contributed by atoms with Gasteiger partial charge in [-0.15, -0.1) is 0 Å².